The minimum atomic E-state index is -0.732. The number of carboxylic acid groups (broad SMARTS) is 2. The van der Waals surface area contributed by atoms with E-state index in [1.54, 1.807) is 0 Å². The molecule has 4 nitrogen and oxygen atoms in total. The fourth-order valence-corrected chi connectivity index (χ4v) is 3.70. The number of carboxylic acids is 2. The van der Waals surface area contributed by atoms with Crippen molar-refractivity contribution in [3.05, 3.63) is 11.1 Å². The summed E-state index contributed by atoms with van der Waals surface area (Å²) in [6.07, 6.45) is 11.7. The van der Waals surface area contributed by atoms with Crippen LogP contribution < -0.4 is 0 Å². The van der Waals surface area contributed by atoms with Crippen LogP contribution in [-0.4, -0.2) is 22.2 Å². The fraction of sp³-hybridized carbons (Fsp3) is 0.826. The predicted octanol–water partition coefficient (Wildman–Crippen LogP) is 6.84. The van der Waals surface area contributed by atoms with Crippen LogP contribution in [0.15, 0.2) is 11.1 Å². The zero-order chi connectivity index (χ0) is 20.7. The van der Waals surface area contributed by atoms with Gasteiger partial charge in [-0.3, -0.25) is 4.79 Å². The van der Waals surface area contributed by atoms with Crippen molar-refractivity contribution in [2.24, 2.45) is 11.8 Å². The number of rotatable bonds is 17. The maximum atomic E-state index is 12.0. The van der Waals surface area contributed by atoms with Gasteiger partial charge in [0.2, 0.25) is 0 Å². The van der Waals surface area contributed by atoms with E-state index < -0.39 is 11.9 Å². The SMILES string of the molecule is CCC(CC)CC(CCCCCCCC(=O)O)=C(CC(CC)CC)C(=O)O. The molecule has 27 heavy (non-hydrogen) atoms. The first-order chi connectivity index (χ1) is 12.9. The van der Waals surface area contributed by atoms with Crippen LogP contribution in [0.2, 0.25) is 0 Å². The van der Waals surface area contributed by atoms with E-state index >= 15 is 0 Å². The Morgan fingerprint density at radius 2 is 1.11 bits per heavy atom. The second-order valence-corrected chi connectivity index (χ2v) is 7.82. The number of hydrogen-bond donors (Lipinski definition) is 2. The highest BCUT2D eigenvalue weighted by Gasteiger charge is 2.20. The lowest BCUT2D eigenvalue weighted by Gasteiger charge is -2.21. The highest BCUT2D eigenvalue weighted by molar-refractivity contribution is 5.87. The lowest BCUT2D eigenvalue weighted by Crippen LogP contribution is -2.12. The smallest absolute Gasteiger partial charge is 0.331 e. The standard InChI is InChI=1S/C23H42O4/c1-5-18(6-2)16-20(14-12-10-9-11-13-15-22(24)25)21(23(26)27)17-19(7-3)8-4/h18-19H,5-17H2,1-4H3,(H,24,25)(H,26,27). The lowest BCUT2D eigenvalue weighted by molar-refractivity contribution is -0.137. The Balaban J connectivity index is 4.95. The summed E-state index contributed by atoms with van der Waals surface area (Å²) < 4.78 is 0. The van der Waals surface area contributed by atoms with Crippen molar-refractivity contribution in [2.45, 2.75) is 111 Å². The van der Waals surface area contributed by atoms with Gasteiger partial charge < -0.3 is 10.2 Å². The van der Waals surface area contributed by atoms with Crippen molar-refractivity contribution in [1.29, 1.82) is 0 Å². The Morgan fingerprint density at radius 3 is 1.56 bits per heavy atom. The van der Waals surface area contributed by atoms with Crippen LogP contribution in [-0.2, 0) is 9.59 Å². The van der Waals surface area contributed by atoms with Gasteiger partial charge >= 0.3 is 11.9 Å². The largest absolute Gasteiger partial charge is 0.481 e. The third kappa shape index (κ3) is 11.9. The molecule has 0 unspecified atom stereocenters. The first-order valence-electron chi connectivity index (χ1n) is 11.0. The van der Waals surface area contributed by atoms with Gasteiger partial charge in [0, 0.05) is 12.0 Å². The van der Waals surface area contributed by atoms with E-state index in [-0.39, 0.29) is 6.42 Å². The van der Waals surface area contributed by atoms with Crippen LogP contribution in [0.25, 0.3) is 0 Å². The molecule has 0 aromatic heterocycles. The highest BCUT2D eigenvalue weighted by Crippen LogP contribution is 2.30. The number of aliphatic carboxylic acids is 2. The average molecular weight is 383 g/mol. The third-order valence-corrected chi connectivity index (χ3v) is 5.89. The molecule has 0 aromatic rings. The molecule has 0 saturated heterocycles. The van der Waals surface area contributed by atoms with E-state index in [1.165, 1.54) is 0 Å². The predicted molar refractivity (Wildman–Crippen MR) is 112 cm³/mol. The Kier molecular flexibility index (Phi) is 14.9. The molecule has 0 spiro atoms. The second kappa shape index (κ2) is 15.7. The maximum Gasteiger partial charge on any atom is 0.331 e. The Bertz CT molecular complexity index is 445. The molecule has 2 N–H and O–H groups in total. The Labute approximate surface area is 166 Å². The molecule has 0 radical (unpaired) electrons. The molecule has 4 heteroatoms. The molecule has 0 amide bonds. The van der Waals surface area contributed by atoms with Gasteiger partial charge in [0.25, 0.3) is 0 Å². The normalized spacial score (nSPS) is 12.5. The summed E-state index contributed by atoms with van der Waals surface area (Å²) >= 11 is 0. The molecular weight excluding hydrogens is 340 g/mol. The quantitative estimate of drug-likeness (QED) is 0.213. The minimum Gasteiger partial charge on any atom is -0.481 e. The minimum absolute atomic E-state index is 0.248. The summed E-state index contributed by atoms with van der Waals surface area (Å²) in [5, 5.41) is 18.5. The van der Waals surface area contributed by atoms with Gasteiger partial charge in [-0.2, -0.15) is 0 Å². The van der Waals surface area contributed by atoms with Crippen molar-refractivity contribution < 1.29 is 19.8 Å². The van der Waals surface area contributed by atoms with Crippen molar-refractivity contribution in [3.8, 4) is 0 Å². The number of carbonyl (C=O) groups is 2. The van der Waals surface area contributed by atoms with E-state index in [0.29, 0.717) is 23.8 Å². The molecule has 0 aliphatic heterocycles. The zero-order valence-electron chi connectivity index (χ0n) is 18.1. The fourth-order valence-electron chi connectivity index (χ4n) is 3.70. The van der Waals surface area contributed by atoms with Crippen LogP contribution in [0.3, 0.4) is 0 Å². The lowest BCUT2D eigenvalue weighted by atomic mass is 9.85. The van der Waals surface area contributed by atoms with E-state index in [0.717, 1.165) is 76.2 Å². The molecule has 0 bridgehead atoms. The molecule has 0 aliphatic carbocycles. The van der Waals surface area contributed by atoms with Gasteiger partial charge in [0.15, 0.2) is 0 Å². The van der Waals surface area contributed by atoms with Crippen molar-refractivity contribution in [1.82, 2.24) is 0 Å². The third-order valence-electron chi connectivity index (χ3n) is 5.89. The molecule has 0 aliphatic rings. The van der Waals surface area contributed by atoms with Crippen molar-refractivity contribution in [3.63, 3.8) is 0 Å². The van der Waals surface area contributed by atoms with E-state index in [1.807, 2.05) is 0 Å². The summed E-state index contributed by atoms with van der Waals surface area (Å²) in [6.45, 7) is 8.67. The summed E-state index contributed by atoms with van der Waals surface area (Å²) in [7, 11) is 0. The van der Waals surface area contributed by atoms with Crippen molar-refractivity contribution in [2.75, 3.05) is 0 Å². The molecule has 0 aromatic carbocycles. The summed E-state index contributed by atoms with van der Waals surface area (Å²) in [5.41, 5.74) is 1.83. The number of hydrogen-bond acceptors (Lipinski definition) is 2. The van der Waals surface area contributed by atoms with E-state index in [4.69, 9.17) is 5.11 Å². The van der Waals surface area contributed by atoms with Crippen LogP contribution in [0.5, 0.6) is 0 Å². The van der Waals surface area contributed by atoms with Crippen LogP contribution in [0.4, 0.5) is 0 Å². The molecule has 0 fully saturated rings. The van der Waals surface area contributed by atoms with Gasteiger partial charge in [0.05, 0.1) is 0 Å². The molecule has 158 valence electrons. The summed E-state index contributed by atoms with van der Waals surface area (Å²) in [5.74, 6) is -0.447. The van der Waals surface area contributed by atoms with Gasteiger partial charge in [-0.25, -0.2) is 4.79 Å². The molecule has 0 saturated carbocycles. The van der Waals surface area contributed by atoms with Gasteiger partial charge in [-0.15, -0.1) is 0 Å². The first kappa shape index (κ1) is 25.7. The molecule has 0 heterocycles. The first-order valence-corrected chi connectivity index (χ1v) is 11.0. The molecular formula is C23H42O4. The van der Waals surface area contributed by atoms with Gasteiger partial charge in [-0.1, -0.05) is 78.2 Å². The topological polar surface area (TPSA) is 74.6 Å². The summed E-state index contributed by atoms with van der Waals surface area (Å²) in [6, 6.07) is 0. The van der Waals surface area contributed by atoms with E-state index in [9.17, 15) is 14.7 Å². The van der Waals surface area contributed by atoms with Gasteiger partial charge in [0.1, 0.15) is 0 Å². The number of allylic oxidation sites excluding steroid dienone is 1. The highest BCUT2D eigenvalue weighted by atomic mass is 16.4. The van der Waals surface area contributed by atoms with Crippen LogP contribution >= 0.6 is 0 Å². The van der Waals surface area contributed by atoms with E-state index in [2.05, 4.69) is 27.7 Å². The Morgan fingerprint density at radius 1 is 0.667 bits per heavy atom. The molecule has 0 atom stereocenters. The summed E-state index contributed by atoms with van der Waals surface area (Å²) in [4.78, 5) is 22.5. The van der Waals surface area contributed by atoms with Crippen LogP contribution in [0.1, 0.15) is 111 Å². The van der Waals surface area contributed by atoms with Crippen molar-refractivity contribution >= 4 is 11.9 Å². The Hall–Kier alpha value is -1.32. The zero-order valence-corrected chi connectivity index (χ0v) is 18.1. The maximum absolute atomic E-state index is 12.0. The number of unbranched alkanes of at least 4 members (excludes halogenated alkanes) is 4. The monoisotopic (exact) mass is 382 g/mol. The van der Waals surface area contributed by atoms with Crippen LogP contribution in [0, 0.1) is 11.8 Å². The average Bonchev–Trinajstić information content (AvgIpc) is 2.64. The second-order valence-electron chi connectivity index (χ2n) is 7.82. The van der Waals surface area contributed by atoms with Gasteiger partial charge in [-0.05, 0) is 43.9 Å². The molecule has 0 rings (SSSR count).